The Balaban J connectivity index is 1.55. The van der Waals surface area contributed by atoms with E-state index in [1.54, 1.807) is 32.0 Å². The smallest absolute Gasteiger partial charge is 0.348 e. The third-order valence-electron chi connectivity index (χ3n) is 10.1. The predicted molar refractivity (Wildman–Crippen MR) is 129 cm³/mol. The van der Waals surface area contributed by atoms with Crippen LogP contribution in [0.3, 0.4) is 0 Å². The molecule has 1 aromatic carbocycles. The molecule has 0 radical (unpaired) electrons. The lowest BCUT2D eigenvalue weighted by molar-refractivity contribution is -0.288. The highest BCUT2D eigenvalue weighted by Crippen LogP contribution is 2.72. The Morgan fingerprint density at radius 1 is 1.10 bits per heavy atom. The van der Waals surface area contributed by atoms with Crippen molar-refractivity contribution in [1.29, 1.82) is 0 Å². The van der Waals surface area contributed by atoms with E-state index in [0.29, 0.717) is 5.57 Å². The summed E-state index contributed by atoms with van der Waals surface area (Å²) < 4.78 is 22.7. The van der Waals surface area contributed by atoms with Gasteiger partial charge in [0.25, 0.3) is 0 Å². The minimum Gasteiger partial charge on any atom is -0.504 e. The fraction of sp³-hybridized carbons (Fsp3) is 0.571. The van der Waals surface area contributed by atoms with Crippen LogP contribution < -0.4 is 0 Å². The van der Waals surface area contributed by atoms with E-state index in [2.05, 4.69) is 0 Å². The van der Waals surface area contributed by atoms with Gasteiger partial charge in [-0.25, -0.2) is 14.4 Å². The molecule has 5 aliphatic rings. The standard InChI is InChI=1S/C28H30O11/c1-12-14-9-16-27-11-37-28(25(35)36-3,22(32)18(31)20(27)26(14,2)10-15(29)17(12)30)21(27)19(24(34)38-16)39-23(33)13-7-5-4-6-8-13/h4-8,14,16,18-22,30-32H,9-11H2,1-3H3/t14-,16+,18+,19+,20+,21+,22-,26-,27+,28-/m0/s1. The molecule has 0 aromatic heterocycles. The van der Waals surface area contributed by atoms with Crippen molar-refractivity contribution in [2.24, 2.45) is 28.6 Å². The van der Waals surface area contributed by atoms with Gasteiger partial charge in [-0.2, -0.15) is 0 Å². The zero-order chi connectivity index (χ0) is 28.1. The molecular formula is C28H30O11. The van der Waals surface area contributed by atoms with Crippen molar-refractivity contribution in [3.63, 3.8) is 0 Å². The molecule has 2 saturated carbocycles. The molecule has 2 aliphatic heterocycles. The van der Waals surface area contributed by atoms with Gasteiger partial charge in [0.1, 0.15) is 12.2 Å². The fourth-order valence-corrected chi connectivity index (χ4v) is 8.61. The Bertz CT molecular complexity index is 1310. The third kappa shape index (κ3) is 3.03. The molecule has 2 saturated heterocycles. The SMILES string of the molecule is COC(=O)[C@@]12OC[C@]34[C@H]([C@@H](O)[C@@H]1O)[C@@]1(C)CC(=O)C(O)=C(C)[C@@H]1C[C@H]3OC(=O)[C@H](OC(=O)c1ccccc1)[C@@H]24. The number of methoxy groups -OCH3 is 1. The number of Topliss-reactive ketones (excluding diaryl/α,β-unsaturated/α-hetero) is 1. The second-order valence-electron chi connectivity index (χ2n) is 11.6. The first-order valence-corrected chi connectivity index (χ1v) is 12.9. The molecule has 2 bridgehead atoms. The fourth-order valence-electron chi connectivity index (χ4n) is 8.61. The molecule has 1 aromatic rings. The highest BCUT2D eigenvalue weighted by atomic mass is 16.6. The third-order valence-corrected chi connectivity index (χ3v) is 10.1. The summed E-state index contributed by atoms with van der Waals surface area (Å²) >= 11 is 0. The van der Waals surface area contributed by atoms with E-state index in [1.807, 2.05) is 0 Å². The van der Waals surface area contributed by atoms with Crippen molar-refractivity contribution in [2.75, 3.05) is 13.7 Å². The number of benzene rings is 1. The lowest BCUT2D eigenvalue weighted by atomic mass is 9.38. The van der Waals surface area contributed by atoms with Crippen LogP contribution in [0.5, 0.6) is 0 Å². The lowest BCUT2D eigenvalue weighted by Crippen LogP contribution is -2.79. The van der Waals surface area contributed by atoms with Crippen LogP contribution in [-0.4, -0.2) is 82.7 Å². The van der Waals surface area contributed by atoms with E-state index in [1.165, 1.54) is 12.1 Å². The zero-order valence-electron chi connectivity index (χ0n) is 21.7. The van der Waals surface area contributed by atoms with E-state index in [0.717, 1.165) is 7.11 Å². The number of aliphatic hydroxyl groups is 3. The first-order valence-electron chi connectivity index (χ1n) is 12.9. The number of aliphatic hydroxyl groups excluding tert-OH is 3. The second-order valence-corrected chi connectivity index (χ2v) is 11.6. The van der Waals surface area contributed by atoms with Gasteiger partial charge in [-0.15, -0.1) is 0 Å². The number of hydrogen-bond acceptors (Lipinski definition) is 11. The molecule has 10 atom stereocenters. The Kier molecular flexibility index (Phi) is 5.57. The van der Waals surface area contributed by atoms with Gasteiger partial charge >= 0.3 is 17.9 Å². The largest absolute Gasteiger partial charge is 0.504 e. The Morgan fingerprint density at radius 3 is 2.46 bits per heavy atom. The topological polar surface area (TPSA) is 166 Å². The van der Waals surface area contributed by atoms with Crippen molar-refractivity contribution in [2.45, 2.75) is 56.7 Å². The average molecular weight is 543 g/mol. The maximum Gasteiger partial charge on any atom is 0.348 e. The molecule has 2 heterocycles. The van der Waals surface area contributed by atoms with Crippen molar-refractivity contribution in [3.05, 3.63) is 47.2 Å². The summed E-state index contributed by atoms with van der Waals surface area (Å²) in [5, 5.41) is 33.8. The summed E-state index contributed by atoms with van der Waals surface area (Å²) in [6.07, 6.45) is -6.07. The van der Waals surface area contributed by atoms with Crippen molar-refractivity contribution < 1.29 is 53.4 Å². The number of ether oxygens (including phenoxy) is 4. The summed E-state index contributed by atoms with van der Waals surface area (Å²) in [6.45, 7) is 3.18. The van der Waals surface area contributed by atoms with Crippen LogP contribution in [0.15, 0.2) is 41.7 Å². The monoisotopic (exact) mass is 542 g/mol. The van der Waals surface area contributed by atoms with E-state index in [-0.39, 0.29) is 30.8 Å². The molecule has 208 valence electrons. The van der Waals surface area contributed by atoms with Crippen LogP contribution in [-0.2, 0) is 33.3 Å². The second kappa shape index (κ2) is 8.36. The molecule has 6 rings (SSSR count). The number of esters is 3. The molecule has 3 N–H and O–H groups in total. The predicted octanol–water partition coefficient (Wildman–Crippen LogP) is 0.865. The van der Waals surface area contributed by atoms with Gasteiger partial charge in [0.2, 0.25) is 11.7 Å². The van der Waals surface area contributed by atoms with Crippen LogP contribution in [0.4, 0.5) is 0 Å². The average Bonchev–Trinajstić information content (AvgIpc) is 3.23. The number of ketones is 1. The molecule has 1 spiro atoms. The van der Waals surface area contributed by atoms with Gasteiger partial charge in [0.05, 0.1) is 31.3 Å². The first kappa shape index (κ1) is 26.0. The normalized spacial score (nSPS) is 44.2. The van der Waals surface area contributed by atoms with Gasteiger partial charge in [-0.3, -0.25) is 4.79 Å². The molecular weight excluding hydrogens is 512 g/mol. The summed E-state index contributed by atoms with van der Waals surface area (Å²) in [5.74, 6) is -6.38. The summed E-state index contributed by atoms with van der Waals surface area (Å²) in [4.78, 5) is 53.0. The summed E-state index contributed by atoms with van der Waals surface area (Å²) in [5.41, 5.74) is -4.02. The zero-order valence-corrected chi connectivity index (χ0v) is 21.7. The number of rotatable bonds is 3. The maximum atomic E-state index is 13.5. The van der Waals surface area contributed by atoms with E-state index < -0.39 is 82.3 Å². The van der Waals surface area contributed by atoms with E-state index in [4.69, 9.17) is 18.9 Å². The van der Waals surface area contributed by atoms with Gasteiger partial charge in [0, 0.05) is 17.8 Å². The van der Waals surface area contributed by atoms with Crippen LogP contribution >= 0.6 is 0 Å². The maximum absolute atomic E-state index is 13.5. The highest BCUT2D eigenvalue weighted by Gasteiger charge is 2.85. The highest BCUT2D eigenvalue weighted by molar-refractivity contribution is 5.96. The lowest BCUT2D eigenvalue weighted by Gasteiger charge is -2.67. The number of allylic oxidation sites excluding steroid dienone is 2. The Hall–Kier alpha value is -3.28. The Morgan fingerprint density at radius 2 is 1.79 bits per heavy atom. The molecule has 39 heavy (non-hydrogen) atoms. The van der Waals surface area contributed by atoms with E-state index >= 15 is 0 Å². The molecule has 11 heteroatoms. The first-order chi connectivity index (χ1) is 18.4. The van der Waals surface area contributed by atoms with Gasteiger partial charge in [-0.05, 0) is 42.4 Å². The number of fused-ring (bicyclic) bond motifs is 2. The quantitative estimate of drug-likeness (QED) is 0.366. The summed E-state index contributed by atoms with van der Waals surface area (Å²) in [7, 11) is 1.09. The Labute approximate surface area is 223 Å². The van der Waals surface area contributed by atoms with Gasteiger partial charge < -0.3 is 34.3 Å². The minimum atomic E-state index is -2.24. The van der Waals surface area contributed by atoms with Crippen LogP contribution in [0.25, 0.3) is 0 Å². The molecule has 3 aliphatic carbocycles. The molecule has 4 fully saturated rings. The molecule has 0 unspecified atom stereocenters. The molecule has 11 nitrogen and oxygen atoms in total. The number of carbonyl (C=O) groups excluding carboxylic acids is 4. The van der Waals surface area contributed by atoms with Gasteiger partial charge in [-0.1, -0.05) is 25.1 Å². The molecule has 0 amide bonds. The van der Waals surface area contributed by atoms with Crippen LogP contribution in [0.2, 0.25) is 0 Å². The number of carbonyl (C=O) groups is 4. The van der Waals surface area contributed by atoms with Gasteiger partial charge in [0.15, 0.2) is 11.5 Å². The summed E-state index contributed by atoms with van der Waals surface area (Å²) in [6, 6.07) is 7.96. The van der Waals surface area contributed by atoms with Crippen LogP contribution in [0, 0.1) is 28.6 Å². The van der Waals surface area contributed by atoms with Crippen molar-refractivity contribution >= 4 is 23.7 Å². The van der Waals surface area contributed by atoms with E-state index in [9.17, 15) is 34.5 Å². The minimum absolute atomic E-state index is 0.149. The van der Waals surface area contributed by atoms with Crippen molar-refractivity contribution in [3.8, 4) is 0 Å². The number of hydrogen-bond donors (Lipinski definition) is 3. The van der Waals surface area contributed by atoms with Crippen LogP contribution in [0.1, 0.15) is 37.0 Å². The van der Waals surface area contributed by atoms with Crippen molar-refractivity contribution in [1.82, 2.24) is 0 Å².